The minimum Gasteiger partial charge on any atom is -0.285 e. The van der Waals surface area contributed by atoms with Gasteiger partial charge in [0.15, 0.2) is 0 Å². The van der Waals surface area contributed by atoms with Crippen LogP contribution in [0, 0.1) is 5.92 Å². The first-order chi connectivity index (χ1) is 9.06. The second kappa shape index (κ2) is 6.06. The number of aliphatic imine (C=N–C) groups is 1. The van der Waals surface area contributed by atoms with Gasteiger partial charge in [-0.2, -0.15) is 0 Å². The van der Waals surface area contributed by atoms with Gasteiger partial charge in [-0.15, -0.1) is 0 Å². The highest BCUT2D eigenvalue weighted by molar-refractivity contribution is 6.31. The minimum absolute atomic E-state index is 0.0726. The summed E-state index contributed by atoms with van der Waals surface area (Å²) in [7, 11) is 0. The number of nitrogens with zero attached hydrogens (tertiary/aromatic N) is 1. The van der Waals surface area contributed by atoms with Gasteiger partial charge in [0, 0.05) is 11.4 Å². The van der Waals surface area contributed by atoms with Crippen molar-refractivity contribution < 1.29 is 4.79 Å². The largest absolute Gasteiger partial charge is 0.285 e. The molecule has 1 unspecified atom stereocenters. The molecule has 1 aliphatic rings. The van der Waals surface area contributed by atoms with E-state index in [9.17, 15) is 4.79 Å². The number of amidine groups is 1. The van der Waals surface area contributed by atoms with E-state index in [1.54, 1.807) is 0 Å². The van der Waals surface area contributed by atoms with E-state index in [0.717, 1.165) is 17.8 Å². The third-order valence-corrected chi connectivity index (χ3v) is 3.32. The Morgan fingerprint density at radius 1 is 1.32 bits per heavy atom. The maximum Gasteiger partial charge on any atom is 0.263 e. The molecule has 1 heterocycles. The maximum absolute atomic E-state index is 11.7. The van der Waals surface area contributed by atoms with Crippen LogP contribution in [-0.4, -0.2) is 17.8 Å². The minimum atomic E-state index is -0.307. The Kier molecular flexibility index (Phi) is 4.43. The number of halogens is 1. The van der Waals surface area contributed by atoms with Gasteiger partial charge in [-0.1, -0.05) is 43.6 Å². The number of carbonyl (C=O) groups is 1. The van der Waals surface area contributed by atoms with Crippen molar-refractivity contribution >= 4 is 23.3 Å². The van der Waals surface area contributed by atoms with Gasteiger partial charge in [0.25, 0.3) is 5.91 Å². The summed E-state index contributed by atoms with van der Waals surface area (Å²) in [6.45, 7) is 4.16. The van der Waals surface area contributed by atoms with Crippen LogP contribution in [0.15, 0.2) is 29.3 Å². The molecule has 19 heavy (non-hydrogen) atoms. The zero-order valence-corrected chi connectivity index (χ0v) is 11.9. The molecule has 0 bridgehead atoms. The number of benzene rings is 1. The smallest absolute Gasteiger partial charge is 0.263 e. The number of amides is 1. The van der Waals surface area contributed by atoms with Crippen molar-refractivity contribution in [2.45, 2.75) is 32.7 Å². The Morgan fingerprint density at radius 2 is 2.05 bits per heavy atom. The normalized spacial score (nSPS) is 18.8. The highest BCUT2D eigenvalue weighted by atomic mass is 35.5. The fraction of sp³-hybridized carbons (Fsp3) is 0.429. The van der Waals surface area contributed by atoms with Crippen LogP contribution >= 0.6 is 11.6 Å². The summed E-state index contributed by atoms with van der Waals surface area (Å²) >= 11 is 6.12. The monoisotopic (exact) mass is 279 g/mol. The van der Waals surface area contributed by atoms with Gasteiger partial charge in [-0.3, -0.25) is 20.6 Å². The lowest BCUT2D eigenvalue weighted by atomic mass is 10.0. The lowest BCUT2D eigenvalue weighted by Crippen LogP contribution is -2.52. The van der Waals surface area contributed by atoms with Crippen LogP contribution in [0.25, 0.3) is 0 Å². The molecule has 0 aromatic heterocycles. The number of carbonyl (C=O) groups excluding carboxylic acids is 1. The average Bonchev–Trinajstić information content (AvgIpc) is 2.35. The second-order valence-electron chi connectivity index (χ2n) is 5.10. The number of nitrogens with one attached hydrogen (secondary N) is 2. The van der Waals surface area contributed by atoms with E-state index in [1.165, 1.54) is 0 Å². The van der Waals surface area contributed by atoms with Crippen LogP contribution in [0.2, 0.25) is 5.02 Å². The van der Waals surface area contributed by atoms with Gasteiger partial charge in [-0.25, -0.2) is 0 Å². The number of hydrazine groups is 1. The van der Waals surface area contributed by atoms with Crippen molar-refractivity contribution in [2.75, 3.05) is 0 Å². The maximum atomic E-state index is 11.7. The second-order valence-corrected chi connectivity index (χ2v) is 5.51. The lowest BCUT2D eigenvalue weighted by molar-refractivity contribution is -0.123. The number of hydrogen-bond donors (Lipinski definition) is 2. The Morgan fingerprint density at radius 3 is 2.74 bits per heavy atom. The van der Waals surface area contributed by atoms with Crippen molar-refractivity contribution in [2.24, 2.45) is 10.9 Å². The topological polar surface area (TPSA) is 53.5 Å². The summed E-state index contributed by atoms with van der Waals surface area (Å²) in [6, 6.07) is 7.34. The van der Waals surface area contributed by atoms with Gasteiger partial charge in [0.2, 0.25) is 0 Å². The van der Waals surface area contributed by atoms with Gasteiger partial charge < -0.3 is 0 Å². The van der Waals surface area contributed by atoms with Crippen molar-refractivity contribution in [3.63, 3.8) is 0 Å². The summed E-state index contributed by atoms with van der Waals surface area (Å²) in [5.41, 5.74) is 6.50. The molecule has 0 spiro atoms. The van der Waals surface area contributed by atoms with Crippen LogP contribution in [0.4, 0.5) is 0 Å². The fourth-order valence-corrected chi connectivity index (χ4v) is 2.22. The summed E-state index contributed by atoms with van der Waals surface area (Å²) in [5.74, 6) is 1.11. The molecule has 4 nitrogen and oxygen atoms in total. The first-order valence-corrected chi connectivity index (χ1v) is 6.80. The highest BCUT2D eigenvalue weighted by Gasteiger charge is 2.23. The first kappa shape index (κ1) is 13.9. The van der Waals surface area contributed by atoms with E-state index in [2.05, 4.69) is 29.7 Å². The molecule has 1 aromatic rings. The molecular formula is C14H18ClN3O. The molecule has 1 aliphatic heterocycles. The van der Waals surface area contributed by atoms with E-state index in [-0.39, 0.29) is 11.9 Å². The third-order valence-electron chi connectivity index (χ3n) is 2.95. The van der Waals surface area contributed by atoms with Crippen LogP contribution in [0.5, 0.6) is 0 Å². The van der Waals surface area contributed by atoms with Crippen LogP contribution < -0.4 is 10.9 Å². The quantitative estimate of drug-likeness (QED) is 0.889. The van der Waals surface area contributed by atoms with Gasteiger partial charge >= 0.3 is 0 Å². The molecule has 0 radical (unpaired) electrons. The molecular weight excluding hydrogens is 262 g/mol. The predicted octanol–water partition coefficient (Wildman–Crippen LogP) is 2.33. The van der Waals surface area contributed by atoms with E-state index in [0.29, 0.717) is 17.4 Å². The zero-order valence-electron chi connectivity index (χ0n) is 11.1. The standard InChI is InChI=1S/C14H18ClN3O/c1-9(2)7-12-14(19)18-17-13(16-12)8-10-5-3-4-6-11(10)15/h3-6,9,12H,7-8H2,1-2H3,(H,16,17)(H,18,19). The average molecular weight is 280 g/mol. The summed E-state index contributed by atoms with van der Waals surface area (Å²) < 4.78 is 0. The summed E-state index contributed by atoms with van der Waals surface area (Å²) in [4.78, 5) is 16.2. The van der Waals surface area contributed by atoms with Gasteiger partial charge in [0.05, 0.1) is 0 Å². The Balaban J connectivity index is 2.12. The van der Waals surface area contributed by atoms with E-state index in [4.69, 9.17) is 11.6 Å². The number of rotatable bonds is 4. The van der Waals surface area contributed by atoms with Crippen molar-refractivity contribution in [1.29, 1.82) is 0 Å². The molecule has 0 saturated heterocycles. The van der Waals surface area contributed by atoms with Gasteiger partial charge in [-0.05, 0) is 24.0 Å². The molecule has 102 valence electrons. The summed E-state index contributed by atoms with van der Waals surface area (Å²) in [6.07, 6.45) is 1.34. The zero-order chi connectivity index (χ0) is 13.8. The highest BCUT2D eigenvalue weighted by Crippen LogP contribution is 2.17. The van der Waals surface area contributed by atoms with Crippen LogP contribution in [0.1, 0.15) is 25.8 Å². The molecule has 1 atom stereocenters. The van der Waals surface area contributed by atoms with E-state index >= 15 is 0 Å². The van der Waals surface area contributed by atoms with Crippen molar-refractivity contribution in [1.82, 2.24) is 10.9 Å². The van der Waals surface area contributed by atoms with E-state index < -0.39 is 0 Å². The third kappa shape index (κ3) is 3.70. The molecule has 5 heteroatoms. The number of hydrogen-bond acceptors (Lipinski definition) is 3. The first-order valence-electron chi connectivity index (χ1n) is 6.42. The van der Waals surface area contributed by atoms with Crippen molar-refractivity contribution in [3.05, 3.63) is 34.9 Å². The molecule has 2 rings (SSSR count). The molecule has 2 N–H and O–H groups in total. The van der Waals surface area contributed by atoms with Crippen LogP contribution in [0.3, 0.4) is 0 Å². The van der Waals surface area contributed by atoms with Crippen LogP contribution in [-0.2, 0) is 11.2 Å². The van der Waals surface area contributed by atoms with Crippen molar-refractivity contribution in [3.8, 4) is 0 Å². The molecule has 0 aliphatic carbocycles. The fourth-order valence-electron chi connectivity index (χ4n) is 2.01. The molecule has 0 saturated carbocycles. The Labute approximate surface area is 118 Å². The lowest BCUT2D eigenvalue weighted by Gasteiger charge is -2.23. The Hall–Kier alpha value is -1.55. The van der Waals surface area contributed by atoms with Gasteiger partial charge in [0.1, 0.15) is 11.9 Å². The SMILES string of the molecule is CC(C)CC1N=C(Cc2ccccc2Cl)NNC1=O. The molecule has 1 amide bonds. The Bertz CT molecular complexity index is 499. The molecule has 1 aromatic carbocycles. The van der Waals surface area contributed by atoms with E-state index in [1.807, 2.05) is 24.3 Å². The summed E-state index contributed by atoms with van der Waals surface area (Å²) in [5, 5.41) is 0.712. The molecule has 0 fully saturated rings. The predicted molar refractivity (Wildman–Crippen MR) is 77.1 cm³/mol.